The van der Waals surface area contributed by atoms with Crippen molar-refractivity contribution in [3.8, 4) is 0 Å². The lowest BCUT2D eigenvalue weighted by atomic mass is 10.2. The molecule has 0 aliphatic rings. The number of guanidine groups is 1. The number of aliphatic imine (C=N–C) groups is 1. The van der Waals surface area contributed by atoms with Crippen molar-refractivity contribution in [2.24, 2.45) is 12.0 Å². The minimum atomic E-state index is 0.628. The van der Waals surface area contributed by atoms with Gasteiger partial charge in [-0.15, -0.1) is 0 Å². The van der Waals surface area contributed by atoms with E-state index >= 15 is 0 Å². The van der Waals surface area contributed by atoms with E-state index in [1.54, 1.807) is 6.20 Å². The number of para-hydroxylation sites is 1. The van der Waals surface area contributed by atoms with E-state index in [-0.39, 0.29) is 0 Å². The third-order valence-corrected chi connectivity index (χ3v) is 4.08. The molecule has 0 radical (unpaired) electrons. The van der Waals surface area contributed by atoms with Crippen LogP contribution in [0.1, 0.15) is 25.5 Å². The van der Waals surface area contributed by atoms with Crippen LogP contribution < -0.4 is 15.5 Å². The molecule has 2 N–H and O–H groups in total. The Kier molecular flexibility index (Phi) is 7.82. The second-order valence-corrected chi connectivity index (χ2v) is 6.03. The monoisotopic (exact) mass is 342 g/mol. The van der Waals surface area contributed by atoms with Crippen molar-refractivity contribution in [2.75, 3.05) is 31.6 Å². The number of anilines is 1. The third-order valence-electron chi connectivity index (χ3n) is 4.08. The molecule has 0 spiro atoms. The van der Waals surface area contributed by atoms with E-state index in [1.807, 2.05) is 23.9 Å². The molecule has 0 amide bonds. The maximum Gasteiger partial charge on any atom is 0.191 e. The minimum Gasteiger partial charge on any atom is -0.375 e. The van der Waals surface area contributed by atoms with Crippen LogP contribution in [0.4, 0.5) is 5.69 Å². The number of rotatable bonds is 9. The zero-order valence-electron chi connectivity index (χ0n) is 15.6. The van der Waals surface area contributed by atoms with Crippen molar-refractivity contribution in [3.05, 3.63) is 48.3 Å². The molecule has 6 nitrogen and oxygen atoms in total. The summed E-state index contributed by atoms with van der Waals surface area (Å²) in [4.78, 5) is 6.91. The van der Waals surface area contributed by atoms with Gasteiger partial charge in [0.15, 0.2) is 5.96 Å². The van der Waals surface area contributed by atoms with Crippen molar-refractivity contribution in [1.29, 1.82) is 0 Å². The predicted octanol–water partition coefficient (Wildman–Crippen LogP) is 2.39. The lowest BCUT2D eigenvalue weighted by Crippen LogP contribution is -2.38. The van der Waals surface area contributed by atoms with Gasteiger partial charge in [0.1, 0.15) is 0 Å². The summed E-state index contributed by atoms with van der Waals surface area (Å²) in [7, 11) is 4.08. The van der Waals surface area contributed by atoms with Crippen LogP contribution in [0, 0.1) is 0 Å². The van der Waals surface area contributed by atoms with Crippen LogP contribution in [-0.2, 0) is 13.6 Å². The van der Waals surface area contributed by atoms with E-state index in [2.05, 4.69) is 63.9 Å². The zero-order valence-corrected chi connectivity index (χ0v) is 15.6. The molecule has 0 bridgehead atoms. The number of hydrogen-bond donors (Lipinski definition) is 2. The number of nitrogens with zero attached hydrogens (tertiary/aromatic N) is 4. The molecule has 1 heterocycles. The Hall–Kier alpha value is -2.50. The van der Waals surface area contributed by atoms with Gasteiger partial charge in [-0.05, 0) is 38.0 Å². The molecule has 0 aliphatic carbocycles. The van der Waals surface area contributed by atoms with Gasteiger partial charge >= 0.3 is 0 Å². The van der Waals surface area contributed by atoms with Crippen LogP contribution in [0.2, 0.25) is 0 Å². The lowest BCUT2D eigenvalue weighted by Gasteiger charge is -2.19. The second kappa shape index (κ2) is 10.4. The Balaban J connectivity index is 1.69. The highest BCUT2D eigenvalue weighted by molar-refractivity contribution is 5.79. The Bertz CT molecular complexity index is 634. The third kappa shape index (κ3) is 6.49. The number of nitrogens with one attached hydrogen (secondary N) is 2. The molecule has 0 atom stereocenters. The van der Waals surface area contributed by atoms with Gasteiger partial charge in [0.2, 0.25) is 0 Å². The highest BCUT2D eigenvalue weighted by Crippen LogP contribution is 2.11. The number of aromatic nitrogens is 2. The highest BCUT2D eigenvalue weighted by Gasteiger charge is 2.02. The van der Waals surface area contributed by atoms with Crippen LogP contribution in [0.15, 0.2) is 47.6 Å². The molecule has 1 aromatic heterocycles. The van der Waals surface area contributed by atoms with Crippen molar-refractivity contribution >= 4 is 11.6 Å². The molecule has 0 saturated heterocycles. The fourth-order valence-corrected chi connectivity index (χ4v) is 2.55. The first-order chi connectivity index (χ1) is 12.2. The molecule has 2 aromatic rings. The van der Waals surface area contributed by atoms with Gasteiger partial charge in [0, 0.05) is 45.6 Å². The van der Waals surface area contributed by atoms with Gasteiger partial charge in [-0.2, -0.15) is 5.10 Å². The Labute approximate surface area is 151 Å². The summed E-state index contributed by atoms with van der Waals surface area (Å²) in [6, 6.07) is 12.5. The maximum absolute atomic E-state index is 4.62. The summed E-state index contributed by atoms with van der Waals surface area (Å²) in [5.41, 5.74) is 2.36. The Morgan fingerprint density at radius 2 is 1.96 bits per heavy atom. The quantitative estimate of drug-likeness (QED) is 0.417. The van der Waals surface area contributed by atoms with E-state index in [1.165, 1.54) is 5.69 Å². The first kappa shape index (κ1) is 18.8. The average molecular weight is 342 g/mol. The Morgan fingerprint density at radius 1 is 1.16 bits per heavy atom. The van der Waals surface area contributed by atoms with E-state index < -0.39 is 0 Å². The molecular weight excluding hydrogens is 312 g/mol. The topological polar surface area (TPSA) is 57.5 Å². The standard InChI is InChI=1S/C19H30N6/c1-4-20-19(22-16-18-12-14-23-25(18)3)21-13-8-9-15-24(2)17-10-6-5-7-11-17/h5-7,10-12,14H,4,8-9,13,15-16H2,1-3H3,(H2,20,21,22). The molecule has 1 aromatic carbocycles. The fraction of sp³-hybridized carbons (Fsp3) is 0.474. The van der Waals surface area contributed by atoms with Gasteiger partial charge in [-0.3, -0.25) is 4.68 Å². The largest absolute Gasteiger partial charge is 0.375 e. The normalized spacial score (nSPS) is 11.4. The lowest BCUT2D eigenvalue weighted by molar-refractivity contribution is 0.681. The van der Waals surface area contributed by atoms with Crippen LogP contribution in [-0.4, -0.2) is 42.4 Å². The summed E-state index contributed by atoms with van der Waals surface area (Å²) in [5.74, 6) is 0.861. The number of aryl methyl sites for hydroxylation is 1. The van der Waals surface area contributed by atoms with E-state index in [4.69, 9.17) is 0 Å². The van der Waals surface area contributed by atoms with Gasteiger partial charge in [-0.25, -0.2) is 4.99 Å². The van der Waals surface area contributed by atoms with Crippen molar-refractivity contribution in [1.82, 2.24) is 20.4 Å². The SMILES string of the molecule is CCNC(=NCc1ccnn1C)NCCCCN(C)c1ccccc1. The smallest absolute Gasteiger partial charge is 0.191 e. The first-order valence-electron chi connectivity index (χ1n) is 8.96. The molecular formula is C19H30N6. The van der Waals surface area contributed by atoms with E-state index in [0.717, 1.165) is 44.1 Å². The number of benzene rings is 1. The van der Waals surface area contributed by atoms with Crippen molar-refractivity contribution in [3.63, 3.8) is 0 Å². The molecule has 0 unspecified atom stereocenters. The van der Waals surface area contributed by atoms with Gasteiger partial charge < -0.3 is 15.5 Å². The van der Waals surface area contributed by atoms with Crippen molar-refractivity contribution < 1.29 is 0 Å². The van der Waals surface area contributed by atoms with E-state index in [9.17, 15) is 0 Å². The van der Waals surface area contributed by atoms with Gasteiger partial charge in [-0.1, -0.05) is 18.2 Å². The number of hydrogen-bond acceptors (Lipinski definition) is 3. The summed E-state index contributed by atoms with van der Waals surface area (Å²) < 4.78 is 1.85. The maximum atomic E-state index is 4.62. The number of unbranched alkanes of at least 4 members (excludes halogenated alkanes) is 1. The van der Waals surface area contributed by atoms with Crippen LogP contribution in [0.5, 0.6) is 0 Å². The molecule has 6 heteroatoms. The zero-order chi connectivity index (χ0) is 17.9. The summed E-state index contributed by atoms with van der Waals surface area (Å²) in [6.45, 7) is 5.53. The van der Waals surface area contributed by atoms with Crippen LogP contribution >= 0.6 is 0 Å². The average Bonchev–Trinajstić information content (AvgIpc) is 3.04. The molecule has 136 valence electrons. The molecule has 25 heavy (non-hydrogen) atoms. The van der Waals surface area contributed by atoms with Crippen molar-refractivity contribution in [2.45, 2.75) is 26.3 Å². The summed E-state index contributed by atoms with van der Waals surface area (Å²) in [6.07, 6.45) is 4.04. The summed E-state index contributed by atoms with van der Waals surface area (Å²) >= 11 is 0. The summed E-state index contributed by atoms with van der Waals surface area (Å²) in [5, 5.41) is 10.9. The van der Waals surface area contributed by atoms with E-state index in [0.29, 0.717) is 6.54 Å². The van der Waals surface area contributed by atoms with Gasteiger partial charge in [0.25, 0.3) is 0 Å². The fourth-order valence-electron chi connectivity index (χ4n) is 2.55. The predicted molar refractivity (Wildman–Crippen MR) is 105 cm³/mol. The molecule has 0 aliphatic heterocycles. The minimum absolute atomic E-state index is 0.628. The second-order valence-electron chi connectivity index (χ2n) is 6.03. The highest BCUT2D eigenvalue weighted by atomic mass is 15.3. The molecule has 0 saturated carbocycles. The van der Waals surface area contributed by atoms with Crippen LogP contribution in [0.3, 0.4) is 0 Å². The first-order valence-corrected chi connectivity index (χ1v) is 8.96. The molecule has 0 fully saturated rings. The van der Waals surface area contributed by atoms with Gasteiger partial charge in [0.05, 0.1) is 12.2 Å². The van der Waals surface area contributed by atoms with Crippen LogP contribution in [0.25, 0.3) is 0 Å². The molecule has 2 rings (SSSR count). The Morgan fingerprint density at radius 3 is 2.64 bits per heavy atom.